The van der Waals surface area contributed by atoms with Crippen molar-refractivity contribution in [2.75, 3.05) is 5.73 Å². The second-order valence-electron chi connectivity index (χ2n) is 5.41. The number of imidazole rings is 1. The van der Waals surface area contributed by atoms with Crippen molar-refractivity contribution in [3.8, 4) is 11.3 Å². The average molecular weight is 267 g/mol. The quantitative estimate of drug-likeness (QED) is 0.838. The maximum Gasteiger partial charge on any atom is 0.132 e. The van der Waals surface area contributed by atoms with Crippen molar-refractivity contribution in [3.05, 3.63) is 48.3 Å². The minimum Gasteiger partial charge on any atom is -0.383 e. The van der Waals surface area contributed by atoms with Gasteiger partial charge in [0.15, 0.2) is 0 Å². The van der Waals surface area contributed by atoms with Crippen molar-refractivity contribution in [2.24, 2.45) is 0 Å². The fourth-order valence-electron chi connectivity index (χ4n) is 2.66. The molecule has 1 aliphatic rings. The number of hydrogen-bond acceptors (Lipinski definition) is 2. The van der Waals surface area contributed by atoms with Gasteiger partial charge in [-0.25, -0.2) is 4.98 Å². The van der Waals surface area contributed by atoms with Crippen LogP contribution in [0.15, 0.2) is 36.9 Å². The maximum absolute atomic E-state index is 6.26. The number of aromatic nitrogens is 2. The fourth-order valence-corrected chi connectivity index (χ4v) is 2.66. The third-order valence-corrected chi connectivity index (χ3v) is 3.95. The highest BCUT2D eigenvalue weighted by Gasteiger charge is 2.23. The van der Waals surface area contributed by atoms with E-state index >= 15 is 0 Å². The van der Waals surface area contributed by atoms with E-state index in [1.807, 2.05) is 10.6 Å². The van der Waals surface area contributed by atoms with Crippen molar-refractivity contribution in [1.29, 1.82) is 0 Å². The predicted octanol–water partition coefficient (Wildman–Crippen LogP) is 3.76. The summed E-state index contributed by atoms with van der Waals surface area (Å²) in [5.41, 5.74) is 9.69. The molecule has 0 atom stereocenters. The number of nitrogen functional groups attached to an aromatic ring is 1. The molecule has 1 aliphatic carbocycles. The van der Waals surface area contributed by atoms with Crippen molar-refractivity contribution in [1.82, 2.24) is 9.55 Å². The van der Waals surface area contributed by atoms with E-state index in [9.17, 15) is 0 Å². The first kappa shape index (κ1) is 13.0. The molecule has 1 fully saturated rings. The molecule has 2 aromatic rings. The standard InChI is InChI=1S/C17H21N3/c1-3-11-20-15(4-2)19-16(17(20)18)14-9-7-13(8-10-14)12-5-6-12/h3,7-10,12H,1,4-6,11,18H2,2H3. The van der Waals surface area contributed by atoms with Gasteiger partial charge in [0.2, 0.25) is 0 Å². The summed E-state index contributed by atoms with van der Waals surface area (Å²) in [6.45, 7) is 6.60. The van der Waals surface area contributed by atoms with E-state index < -0.39 is 0 Å². The van der Waals surface area contributed by atoms with E-state index in [1.165, 1.54) is 18.4 Å². The molecule has 1 aromatic heterocycles. The molecule has 0 saturated heterocycles. The normalized spacial score (nSPS) is 14.4. The van der Waals surface area contributed by atoms with Crippen LogP contribution in [0.5, 0.6) is 0 Å². The number of nitrogens with two attached hydrogens (primary N) is 1. The monoisotopic (exact) mass is 267 g/mol. The molecule has 3 heteroatoms. The molecule has 1 saturated carbocycles. The van der Waals surface area contributed by atoms with E-state index in [0.29, 0.717) is 6.54 Å². The molecule has 0 spiro atoms. The van der Waals surface area contributed by atoms with E-state index in [4.69, 9.17) is 10.7 Å². The van der Waals surface area contributed by atoms with Crippen LogP contribution in [-0.2, 0) is 13.0 Å². The van der Waals surface area contributed by atoms with Crippen LogP contribution < -0.4 is 5.73 Å². The Labute approximate surface area is 120 Å². The Bertz CT molecular complexity index is 618. The summed E-state index contributed by atoms with van der Waals surface area (Å²) in [4.78, 5) is 4.70. The maximum atomic E-state index is 6.26. The highest BCUT2D eigenvalue weighted by Crippen LogP contribution is 2.40. The number of nitrogens with zero attached hydrogens (tertiary/aromatic N) is 2. The molecule has 2 N–H and O–H groups in total. The minimum absolute atomic E-state index is 0.710. The number of benzene rings is 1. The van der Waals surface area contributed by atoms with Crippen LogP contribution in [0, 0.1) is 0 Å². The SMILES string of the molecule is C=CCn1c(CC)nc(-c2ccc(C3CC3)cc2)c1N. The predicted molar refractivity (Wildman–Crippen MR) is 83.6 cm³/mol. The van der Waals surface area contributed by atoms with Gasteiger partial charge in [-0.1, -0.05) is 37.3 Å². The molecule has 104 valence electrons. The van der Waals surface area contributed by atoms with Crippen LogP contribution in [0.1, 0.15) is 37.1 Å². The first-order valence-electron chi connectivity index (χ1n) is 7.30. The van der Waals surface area contributed by atoms with Crippen LogP contribution in [0.4, 0.5) is 5.82 Å². The van der Waals surface area contributed by atoms with E-state index in [0.717, 1.165) is 35.2 Å². The summed E-state index contributed by atoms with van der Waals surface area (Å²) in [5.74, 6) is 2.54. The molecule has 0 radical (unpaired) electrons. The lowest BCUT2D eigenvalue weighted by molar-refractivity contribution is 0.757. The van der Waals surface area contributed by atoms with Gasteiger partial charge in [0.25, 0.3) is 0 Å². The summed E-state index contributed by atoms with van der Waals surface area (Å²) in [6, 6.07) is 8.71. The molecular formula is C17H21N3. The Balaban J connectivity index is 1.97. The van der Waals surface area contributed by atoms with Crippen LogP contribution in [-0.4, -0.2) is 9.55 Å². The van der Waals surface area contributed by atoms with Crippen molar-refractivity contribution >= 4 is 5.82 Å². The first-order valence-corrected chi connectivity index (χ1v) is 7.30. The lowest BCUT2D eigenvalue weighted by Crippen LogP contribution is -2.05. The smallest absolute Gasteiger partial charge is 0.132 e. The second kappa shape index (κ2) is 5.16. The lowest BCUT2D eigenvalue weighted by atomic mass is 10.1. The molecule has 0 unspecified atom stereocenters. The van der Waals surface area contributed by atoms with Gasteiger partial charge in [0.05, 0.1) is 0 Å². The van der Waals surface area contributed by atoms with Gasteiger partial charge in [0, 0.05) is 18.5 Å². The van der Waals surface area contributed by atoms with Crippen LogP contribution in [0.25, 0.3) is 11.3 Å². The lowest BCUT2D eigenvalue weighted by Gasteiger charge is -2.05. The van der Waals surface area contributed by atoms with E-state index in [-0.39, 0.29) is 0 Å². The van der Waals surface area contributed by atoms with Gasteiger partial charge in [-0.3, -0.25) is 0 Å². The Morgan fingerprint density at radius 2 is 2.05 bits per heavy atom. The molecule has 0 aliphatic heterocycles. The molecule has 1 aromatic carbocycles. The molecular weight excluding hydrogens is 246 g/mol. The van der Waals surface area contributed by atoms with Crippen LogP contribution in [0.3, 0.4) is 0 Å². The van der Waals surface area contributed by atoms with Crippen molar-refractivity contribution in [2.45, 2.75) is 38.6 Å². The second-order valence-corrected chi connectivity index (χ2v) is 5.41. The molecule has 0 bridgehead atoms. The van der Waals surface area contributed by atoms with Crippen molar-refractivity contribution < 1.29 is 0 Å². The number of anilines is 1. The summed E-state index contributed by atoms with van der Waals surface area (Å²) in [7, 11) is 0. The highest BCUT2D eigenvalue weighted by atomic mass is 15.1. The molecule has 1 heterocycles. The Kier molecular flexibility index (Phi) is 3.35. The van der Waals surface area contributed by atoms with E-state index in [2.05, 4.69) is 37.8 Å². The summed E-state index contributed by atoms with van der Waals surface area (Å²) >= 11 is 0. The number of allylic oxidation sites excluding steroid dienone is 1. The molecule has 3 nitrogen and oxygen atoms in total. The zero-order valence-corrected chi connectivity index (χ0v) is 12.0. The highest BCUT2D eigenvalue weighted by molar-refractivity contribution is 5.71. The third-order valence-electron chi connectivity index (χ3n) is 3.95. The number of aryl methyl sites for hydroxylation is 1. The zero-order valence-electron chi connectivity index (χ0n) is 12.0. The first-order chi connectivity index (χ1) is 9.74. The minimum atomic E-state index is 0.710. The van der Waals surface area contributed by atoms with E-state index in [1.54, 1.807) is 0 Å². The van der Waals surface area contributed by atoms with Gasteiger partial charge in [-0.05, 0) is 24.3 Å². The average Bonchev–Trinajstić information content (AvgIpc) is 3.27. The third kappa shape index (κ3) is 2.24. The zero-order chi connectivity index (χ0) is 14.1. The van der Waals surface area contributed by atoms with Crippen LogP contribution in [0.2, 0.25) is 0 Å². The molecule has 0 amide bonds. The topological polar surface area (TPSA) is 43.8 Å². The Morgan fingerprint density at radius 3 is 2.60 bits per heavy atom. The van der Waals surface area contributed by atoms with Gasteiger partial charge in [-0.15, -0.1) is 6.58 Å². The summed E-state index contributed by atoms with van der Waals surface area (Å²) in [6.07, 6.45) is 5.39. The van der Waals surface area contributed by atoms with Gasteiger partial charge < -0.3 is 10.3 Å². The summed E-state index contributed by atoms with van der Waals surface area (Å²) in [5, 5.41) is 0. The molecule has 20 heavy (non-hydrogen) atoms. The Hall–Kier alpha value is -2.03. The fraction of sp³-hybridized carbons (Fsp3) is 0.353. The van der Waals surface area contributed by atoms with Gasteiger partial charge >= 0.3 is 0 Å². The largest absolute Gasteiger partial charge is 0.383 e. The van der Waals surface area contributed by atoms with Crippen molar-refractivity contribution in [3.63, 3.8) is 0 Å². The van der Waals surface area contributed by atoms with Crippen LogP contribution >= 0.6 is 0 Å². The molecule has 3 rings (SSSR count). The Morgan fingerprint density at radius 1 is 1.35 bits per heavy atom. The van der Waals surface area contributed by atoms with Gasteiger partial charge in [-0.2, -0.15) is 0 Å². The number of hydrogen-bond donors (Lipinski definition) is 1. The summed E-state index contributed by atoms with van der Waals surface area (Å²) < 4.78 is 2.04. The number of rotatable bonds is 5. The van der Waals surface area contributed by atoms with Gasteiger partial charge in [0.1, 0.15) is 17.3 Å².